The van der Waals surface area contributed by atoms with Gasteiger partial charge in [0.2, 0.25) is 0 Å². The fourth-order valence-corrected chi connectivity index (χ4v) is 3.71. The number of thiophene rings is 1. The van der Waals surface area contributed by atoms with E-state index >= 15 is 0 Å². The lowest BCUT2D eigenvalue weighted by molar-refractivity contribution is 0.406. The number of para-hydroxylation sites is 1. The van der Waals surface area contributed by atoms with Crippen molar-refractivity contribution in [1.29, 1.82) is 0 Å². The summed E-state index contributed by atoms with van der Waals surface area (Å²) < 4.78 is 5.47. The van der Waals surface area contributed by atoms with Crippen LogP contribution in [0.1, 0.15) is 33.8 Å². The molecular weight excluding hydrogens is 266 g/mol. The monoisotopic (exact) mass is 289 g/mol. The Morgan fingerprint density at radius 2 is 2.00 bits per heavy atom. The van der Waals surface area contributed by atoms with E-state index in [-0.39, 0.29) is 0 Å². The van der Waals surface area contributed by atoms with Crippen LogP contribution in [0.4, 0.5) is 0 Å². The van der Waals surface area contributed by atoms with Crippen molar-refractivity contribution in [3.05, 3.63) is 51.2 Å². The summed E-state index contributed by atoms with van der Waals surface area (Å²) in [5.74, 6) is 0.973. The second kappa shape index (κ2) is 6.91. The molecule has 1 unspecified atom stereocenters. The molecule has 3 heteroatoms. The van der Waals surface area contributed by atoms with Gasteiger partial charge in [0.1, 0.15) is 5.75 Å². The first-order valence-corrected chi connectivity index (χ1v) is 7.89. The van der Waals surface area contributed by atoms with Crippen LogP contribution in [0.2, 0.25) is 0 Å². The molecule has 0 saturated heterocycles. The molecule has 1 aromatic carbocycles. The lowest BCUT2D eigenvalue weighted by Crippen LogP contribution is -2.22. The highest BCUT2D eigenvalue weighted by molar-refractivity contribution is 7.12. The average Bonchev–Trinajstić information content (AvgIpc) is 2.78. The van der Waals surface area contributed by atoms with Crippen LogP contribution >= 0.6 is 11.3 Å². The number of rotatable bonds is 6. The predicted molar refractivity (Wildman–Crippen MR) is 86.9 cm³/mol. The molecule has 1 aromatic heterocycles. The molecule has 0 saturated carbocycles. The fourth-order valence-electron chi connectivity index (χ4n) is 2.60. The Morgan fingerprint density at radius 3 is 2.60 bits per heavy atom. The summed E-state index contributed by atoms with van der Waals surface area (Å²) in [6.45, 7) is 7.50. The molecule has 0 aliphatic heterocycles. The predicted octanol–water partition coefficient (Wildman–Crippen LogP) is 4.27. The first-order chi connectivity index (χ1) is 9.65. The lowest BCUT2D eigenvalue weighted by atomic mass is 10.0. The van der Waals surface area contributed by atoms with Crippen molar-refractivity contribution in [2.45, 2.75) is 33.2 Å². The van der Waals surface area contributed by atoms with Gasteiger partial charge >= 0.3 is 0 Å². The van der Waals surface area contributed by atoms with Gasteiger partial charge in [0.05, 0.1) is 7.11 Å². The van der Waals surface area contributed by atoms with Crippen LogP contribution < -0.4 is 10.1 Å². The van der Waals surface area contributed by atoms with Gasteiger partial charge in [-0.2, -0.15) is 0 Å². The topological polar surface area (TPSA) is 21.3 Å². The van der Waals surface area contributed by atoms with Gasteiger partial charge in [-0.3, -0.25) is 0 Å². The average molecular weight is 289 g/mol. The summed E-state index contributed by atoms with van der Waals surface area (Å²) in [6, 6.07) is 10.9. The summed E-state index contributed by atoms with van der Waals surface area (Å²) in [5.41, 5.74) is 2.64. The summed E-state index contributed by atoms with van der Waals surface area (Å²) in [4.78, 5) is 2.82. The van der Waals surface area contributed by atoms with Crippen LogP contribution in [-0.2, 0) is 6.42 Å². The lowest BCUT2D eigenvalue weighted by Gasteiger charge is -2.19. The second-order valence-corrected chi connectivity index (χ2v) is 6.32. The summed E-state index contributed by atoms with van der Waals surface area (Å²) in [6.07, 6.45) is 0.957. The highest BCUT2D eigenvalue weighted by Crippen LogP contribution is 2.31. The number of aryl methyl sites for hydroxylation is 2. The van der Waals surface area contributed by atoms with Gasteiger partial charge < -0.3 is 10.1 Å². The highest BCUT2D eigenvalue weighted by Gasteiger charge is 2.17. The molecule has 108 valence electrons. The molecule has 1 atom stereocenters. The van der Waals surface area contributed by atoms with E-state index in [9.17, 15) is 0 Å². The minimum absolute atomic E-state index is 0.356. The summed E-state index contributed by atoms with van der Waals surface area (Å²) >= 11 is 1.89. The number of benzene rings is 1. The molecule has 1 heterocycles. The molecule has 0 aliphatic carbocycles. The van der Waals surface area contributed by atoms with Crippen LogP contribution in [0.3, 0.4) is 0 Å². The SMILES string of the molecule is CCNC(Cc1ccccc1OC)c1sc(C)cc1C. The summed E-state index contributed by atoms with van der Waals surface area (Å²) in [7, 11) is 1.74. The van der Waals surface area contributed by atoms with Crippen LogP contribution in [0.15, 0.2) is 30.3 Å². The van der Waals surface area contributed by atoms with Crippen LogP contribution in [0, 0.1) is 13.8 Å². The third-order valence-corrected chi connectivity index (χ3v) is 4.73. The molecule has 0 aliphatic rings. The number of hydrogen-bond donors (Lipinski definition) is 1. The highest BCUT2D eigenvalue weighted by atomic mass is 32.1. The first kappa shape index (κ1) is 15.1. The van der Waals surface area contributed by atoms with Crippen LogP contribution in [0.5, 0.6) is 5.75 Å². The molecule has 0 spiro atoms. The Bertz CT molecular complexity index is 562. The van der Waals surface area contributed by atoms with Crippen LogP contribution in [-0.4, -0.2) is 13.7 Å². The Hall–Kier alpha value is -1.32. The Balaban J connectivity index is 2.28. The van der Waals surface area contributed by atoms with E-state index in [4.69, 9.17) is 4.74 Å². The van der Waals surface area contributed by atoms with Gasteiger partial charge in [-0.1, -0.05) is 25.1 Å². The molecule has 0 radical (unpaired) electrons. The van der Waals surface area contributed by atoms with Crippen molar-refractivity contribution in [3.63, 3.8) is 0 Å². The third-order valence-electron chi connectivity index (χ3n) is 3.46. The maximum absolute atomic E-state index is 5.47. The van der Waals surface area contributed by atoms with E-state index in [1.807, 2.05) is 23.5 Å². The van der Waals surface area contributed by atoms with Gasteiger partial charge in [-0.15, -0.1) is 11.3 Å². The molecule has 1 N–H and O–H groups in total. The Morgan fingerprint density at radius 1 is 1.25 bits per heavy atom. The Labute approximate surface area is 125 Å². The van der Waals surface area contributed by atoms with Gasteiger partial charge in [0.25, 0.3) is 0 Å². The Kier molecular flexibility index (Phi) is 5.21. The number of methoxy groups -OCH3 is 1. The molecule has 2 aromatic rings. The zero-order valence-corrected chi connectivity index (χ0v) is 13.5. The van der Waals surface area contributed by atoms with Gasteiger partial charge in [0.15, 0.2) is 0 Å². The van der Waals surface area contributed by atoms with Crippen molar-refractivity contribution in [2.24, 2.45) is 0 Å². The normalized spacial score (nSPS) is 12.4. The zero-order valence-electron chi connectivity index (χ0n) is 12.7. The molecule has 20 heavy (non-hydrogen) atoms. The fraction of sp³-hybridized carbons (Fsp3) is 0.412. The number of nitrogens with one attached hydrogen (secondary N) is 1. The van der Waals surface area contributed by atoms with E-state index in [2.05, 4.69) is 44.3 Å². The summed E-state index contributed by atoms with van der Waals surface area (Å²) in [5, 5.41) is 3.61. The zero-order chi connectivity index (χ0) is 14.5. The molecule has 2 rings (SSSR count). The molecule has 2 nitrogen and oxygen atoms in total. The quantitative estimate of drug-likeness (QED) is 0.857. The number of likely N-dealkylation sites (N-methyl/N-ethyl adjacent to an activating group) is 1. The third kappa shape index (κ3) is 3.41. The number of ether oxygens (including phenoxy) is 1. The maximum atomic E-state index is 5.47. The van der Waals surface area contributed by atoms with Crippen molar-refractivity contribution < 1.29 is 4.74 Å². The van der Waals surface area contributed by atoms with Crippen molar-refractivity contribution in [2.75, 3.05) is 13.7 Å². The van der Waals surface area contributed by atoms with E-state index < -0.39 is 0 Å². The molecule has 0 amide bonds. The largest absolute Gasteiger partial charge is 0.496 e. The van der Waals surface area contributed by atoms with Crippen molar-refractivity contribution in [3.8, 4) is 5.75 Å². The standard InChI is InChI=1S/C17H23NOS/c1-5-18-15(17-12(2)10-13(3)20-17)11-14-8-6-7-9-16(14)19-4/h6-10,15,18H,5,11H2,1-4H3. The minimum atomic E-state index is 0.356. The number of hydrogen-bond acceptors (Lipinski definition) is 3. The maximum Gasteiger partial charge on any atom is 0.122 e. The first-order valence-electron chi connectivity index (χ1n) is 7.08. The van der Waals surface area contributed by atoms with Gasteiger partial charge in [-0.05, 0) is 50.1 Å². The molecule has 0 bridgehead atoms. The van der Waals surface area contributed by atoms with Gasteiger partial charge in [-0.25, -0.2) is 0 Å². The molecule has 0 fully saturated rings. The molecular formula is C17H23NOS. The van der Waals surface area contributed by atoms with E-state index in [1.54, 1.807) is 7.11 Å². The van der Waals surface area contributed by atoms with Crippen molar-refractivity contribution >= 4 is 11.3 Å². The van der Waals surface area contributed by atoms with Gasteiger partial charge in [0, 0.05) is 15.8 Å². The van der Waals surface area contributed by atoms with E-state index in [1.165, 1.54) is 20.9 Å². The van der Waals surface area contributed by atoms with Crippen molar-refractivity contribution in [1.82, 2.24) is 5.32 Å². The van der Waals surface area contributed by atoms with E-state index in [0.29, 0.717) is 6.04 Å². The second-order valence-electron chi connectivity index (χ2n) is 5.03. The van der Waals surface area contributed by atoms with Crippen LogP contribution in [0.25, 0.3) is 0 Å². The van der Waals surface area contributed by atoms with E-state index in [0.717, 1.165) is 18.7 Å². The smallest absolute Gasteiger partial charge is 0.122 e. The minimum Gasteiger partial charge on any atom is -0.496 e.